The van der Waals surface area contributed by atoms with Gasteiger partial charge >= 0.3 is 0 Å². The highest BCUT2D eigenvalue weighted by Crippen LogP contribution is 2.29. The first-order valence-corrected chi connectivity index (χ1v) is 7.37. The van der Waals surface area contributed by atoms with Crippen LogP contribution in [0, 0.1) is 0 Å². The molecule has 0 saturated carbocycles. The molecule has 0 fully saturated rings. The third kappa shape index (κ3) is 3.00. The van der Waals surface area contributed by atoms with Crippen molar-refractivity contribution in [3.8, 4) is 0 Å². The third-order valence-corrected chi connectivity index (χ3v) is 4.04. The quantitative estimate of drug-likeness (QED) is 0.914. The maximum Gasteiger partial charge on any atom is 0.148 e. The average molecular weight is 327 g/mol. The minimum Gasteiger partial charge on any atom is -0.369 e. The van der Waals surface area contributed by atoms with Gasteiger partial charge in [-0.05, 0) is 34.3 Å². The molecule has 1 N–H and O–H groups in total. The number of nitrogens with zero attached hydrogens (tertiary/aromatic N) is 3. The van der Waals surface area contributed by atoms with Crippen LogP contribution < -0.4 is 10.2 Å². The Bertz CT molecular complexity index is 501. The highest BCUT2D eigenvalue weighted by molar-refractivity contribution is 9.10. The van der Waals surface area contributed by atoms with Gasteiger partial charge in [-0.15, -0.1) is 11.3 Å². The van der Waals surface area contributed by atoms with Crippen LogP contribution in [0.5, 0.6) is 0 Å². The molecule has 2 rings (SSSR count). The fourth-order valence-corrected chi connectivity index (χ4v) is 3.03. The minimum absolute atomic E-state index is 0.834. The molecule has 0 aliphatic heterocycles. The summed E-state index contributed by atoms with van der Waals surface area (Å²) < 4.78 is 0.908. The van der Waals surface area contributed by atoms with Crippen molar-refractivity contribution in [3.05, 3.63) is 33.2 Å². The van der Waals surface area contributed by atoms with E-state index in [0.29, 0.717) is 0 Å². The van der Waals surface area contributed by atoms with Crippen molar-refractivity contribution < 1.29 is 0 Å². The van der Waals surface area contributed by atoms with Crippen molar-refractivity contribution >= 4 is 38.9 Å². The van der Waals surface area contributed by atoms with Gasteiger partial charge in [0.15, 0.2) is 0 Å². The van der Waals surface area contributed by atoms with Crippen LogP contribution >= 0.6 is 27.3 Å². The number of aromatic nitrogens is 2. The topological polar surface area (TPSA) is 41.1 Å². The van der Waals surface area contributed by atoms with E-state index in [1.165, 1.54) is 4.88 Å². The maximum absolute atomic E-state index is 4.33. The lowest BCUT2D eigenvalue weighted by Gasteiger charge is -2.19. The van der Waals surface area contributed by atoms with Crippen molar-refractivity contribution in [1.29, 1.82) is 0 Å². The van der Waals surface area contributed by atoms with Crippen LogP contribution in [0.4, 0.5) is 11.6 Å². The Morgan fingerprint density at radius 1 is 1.44 bits per heavy atom. The van der Waals surface area contributed by atoms with Gasteiger partial charge in [0, 0.05) is 18.5 Å². The number of hydrogen-bond donors (Lipinski definition) is 1. The van der Waals surface area contributed by atoms with Crippen molar-refractivity contribution in [1.82, 2.24) is 9.97 Å². The van der Waals surface area contributed by atoms with Crippen LogP contribution in [0.3, 0.4) is 0 Å². The molecule has 0 aliphatic carbocycles. The first-order valence-electron chi connectivity index (χ1n) is 5.70. The fraction of sp³-hybridized carbons (Fsp3) is 0.333. The molecule has 96 valence electrons. The van der Waals surface area contributed by atoms with Crippen LogP contribution in [-0.4, -0.2) is 23.6 Å². The number of halogens is 1. The molecule has 0 saturated heterocycles. The molecule has 0 spiro atoms. The summed E-state index contributed by atoms with van der Waals surface area (Å²) in [6.45, 7) is 3.73. The molecular weight excluding hydrogens is 312 g/mol. The zero-order chi connectivity index (χ0) is 13.0. The molecule has 0 aliphatic rings. The van der Waals surface area contributed by atoms with E-state index in [9.17, 15) is 0 Å². The molecule has 0 bridgehead atoms. The minimum atomic E-state index is 0.834. The van der Waals surface area contributed by atoms with Gasteiger partial charge in [0.1, 0.15) is 22.4 Å². The summed E-state index contributed by atoms with van der Waals surface area (Å²) in [4.78, 5) is 12.0. The Labute approximate surface area is 119 Å². The Morgan fingerprint density at radius 2 is 2.28 bits per heavy atom. The summed E-state index contributed by atoms with van der Waals surface area (Å²) in [5.41, 5.74) is 0. The Hall–Kier alpha value is -1.14. The summed E-state index contributed by atoms with van der Waals surface area (Å²) >= 11 is 5.31. The van der Waals surface area contributed by atoms with Gasteiger partial charge < -0.3 is 10.2 Å². The number of thiophene rings is 1. The highest BCUT2D eigenvalue weighted by Gasteiger charge is 2.12. The molecule has 0 atom stereocenters. The van der Waals surface area contributed by atoms with E-state index < -0.39 is 0 Å². The normalized spacial score (nSPS) is 10.4. The van der Waals surface area contributed by atoms with Crippen LogP contribution in [0.2, 0.25) is 0 Å². The van der Waals surface area contributed by atoms with Gasteiger partial charge in [-0.1, -0.05) is 6.07 Å². The van der Waals surface area contributed by atoms with Crippen molar-refractivity contribution in [3.63, 3.8) is 0 Å². The third-order valence-electron chi connectivity index (χ3n) is 2.45. The van der Waals surface area contributed by atoms with Gasteiger partial charge in [-0.2, -0.15) is 0 Å². The summed E-state index contributed by atoms with van der Waals surface area (Å²) in [5, 5.41) is 5.29. The zero-order valence-electron chi connectivity index (χ0n) is 10.4. The van der Waals surface area contributed by atoms with Crippen molar-refractivity contribution in [2.24, 2.45) is 0 Å². The Balaban J connectivity index is 2.19. The van der Waals surface area contributed by atoms with E-state index in [2.05, 4.69) is 53.6 Å². The second-order valence-electron chi connectivity index (χ2n) is 3.83. The van der Waals surface area contributed by atoms with Gasteiger partial charge in [0.05, 0.1) is 6.54 Å². The van der Waals surface area contributed by atoms with E-state index in [0.717, 1.165) is 29.2 Å². The molecule has 18 heavy (non-hydrogen) atoms. The number of anilines is 2. The lowest BCUT2D eigenvalue weighted by Crippen LogP contribution is -2.18. The fourth-order valence-electron chi connectivity index (χ4n) is 1.63. The molecule has 2 aromatic rings. The first kappa shape index (κ1) is 13.3. The molecule has 0 amide bonds. The van der Waals surface area contributed by atoms with E-state index in [4.69, 9.17) is 0 Å². The Kier molecular flexibility index (Phi) is 4.54. The Morgan fingerprint density at radius 3 is 2.94 bits per heavy atom. The van der Waals surface area contributed by atoms with E-state index >= 15 is 0 Å². The van der Waals surface area contributed by atoms with Crippen LogP contribution in [0.15, 0.2) is 28.3 Å². The first-order chi connectivity index (χ1) is 8.72. The van der Waals surface area contributed by atoms with Crippen molar-refractivity contribution in [2.45, 2.75) is 13.5 Å². The number of hydrogen-bond acceptors (Lipinski definition) is 5. The van der Waals surface area contributed by atoms with Crippen molar-refractivity contribution in [2.75, 3.05) is 23.8 Å². The molecule has 6 heteroatoms. The lowest BCUT2D eigenvalue weighted by atomic mass is 10.4. The highest BCUT2D eigenvalue weighted by atomic mass is 79.9. The predicted octanol–water partition coefficient (Wildman–Crippen LogP) is 3.37. The standard InChI is InChI=1S/C12H15BrN4S/c1-3-14-11-10(13)12(16-8-15-11)17(2)7-9-5-4-6-18-9/h4-6,8H,3,7H2,1-2H3,(H,14,15,16). The van der Waals surface area contributed by atoms with Crippen LogP contribution in [-0.2, 0) is 6.54 Å². The molecule has 2 aromatic heterocycles. The number of nitrogens with one attached hydrogen (secondary N) is 1. The SMILES string of the molecule is CCNc1ncnc(N(C)Cc2cccs2)c1Br. The zero-order valence-corrected chi connectivity index (χ0v) is 12.8. The van der Waals surface area contributed by atoms with Gasteiger partial charge in [0.2, 0.25) is 0 Å². The monoisotopic (exact) mass is 326 g/mol. The number of rotatable bonds is 5. The summed E-state index contributed by atoms with van der Waals surface area (Å²) in [5.74, 6) is 1.73. The van der Waals surface area contributed by atoms with Gasteiger partial charge in [0.25, 0.3) is 0 Å². The molecule has 0 unspecified atom stereocenters. The molecule has 0 radical (unpaired) electrons. The smallest absolute Gasteiger partial charge is 0.148 e. The molecule has 0 aromatic carbocycles. The largest absolute Gasteiger partial charge is 0.369 e. The van der Waals surface area contributed by atoms with Crippen LogP contribution in [0.25, 0.3) is 0 Å². The lowest BCUT2D eigenvalue weighted by molar-refractivity contribution is 0.898. The molecule has 4 nitrogen and oxygen atoms in total. The summed E-state index contributed by atoms with van der Waals surface area (Å²) in [6, 6.07) is 4.19. The maximum atomic E-state index is 4.33. The van der Waals surface area contributed by atoms with Gasteiger partial charge in [-0.3, -0.25) is 0 Å². The van der Waals surface area contributed by atoms with E-state index in [1.807, 2.05) is 14.0 Å². The molecular formula is C12H15BrN4S. The second kappa shape index (κ2) is 6.15. The van der Waals surface area contributed by atoms with Crippen LogP contribution in [0.1, 0.15) is 11.8 Å². The average Bonchev–Trinajstić information content (AvgIpc) is 2.85. The summed E-state index contributed by atoms with van der Waals surface area (Å²) in [6.07, 6.45) is 1.59. The van der Waals surface area contributed by atoms with E-state index in [-0.39, 0.29) is 0 Å². The van der Waals surface area contributed by atoms with Gasteiger partial charge in [-0.25, -0.2) is 9.97 Å². The second-order valence-corrected chi connectivity index (χ2v) is 5.65. The predicted molar refractivity (Wildman–Crippen MR) is 80.3 cm³/mol. The van der Waals surface area contributed by atoms with E-state index in [1.54, 1.807) is 17.7 Å². The molecule has 2 heterocycles. The summed E-state index contributed by atoms with van der Waals surface area (Å²) in [7, 11) is 2.03.